The molecule has 1 N–H and O–H groups in total. The maximum atomic E-state index is 11.5. The number of pyridine rings is 1. The minimum Gasteiger partial charge on any atom is -0.314 e. The predicted molar refractivity (Wildman–Crippen MR) is 73.7 cm³/mol. The maximum Gasteiger partial charge on any atom is 0.250 e. The monoisotopic (exact) mass is 252 g/mol. The SMILES string of the molecule is CSC1(CNCCn2ccccc2=O)CCC1. The van der Waals surface area contributed by atoms with Crippen molar-refractivity contribution in [1.29, 1.82) is 0 Å². The van der Waals surface area contributed by atoms with Crippen LogP contribution in [0.2, 0.25) is 0 Å². The van der Waals surface area contributed by atoms with Crippen LogP contribution in [-0.2, 0) is 6.54 Å². The molecule has 0 unspecified atom stereocenters. The number of nitrogens with one attached hydrogen (secondary N) is 1. The number of aromatic nitrogens is 1. The number of hydrogen-bond donors (Lipinski definition) is 1. The molecule has 1 aliphatic carbocycles. The zero-order valence-electron chi connectivity index (χ0n) is 10.3. The van der Waals surface area contributed by atoms with E-state index in [2.05, 4.69) is 11.6 Å². The third-order valence-corrected chi connectivity index (χ3v) is 4.99. The topological polar surface area (TPSA) is 34.0 Å². The lowest BCUT2D eigenvalue weighted by Gasteiger charge is -2.40. The van der Waals surface area contributed by atoms with Crippen molar-refractivity contribution in [3.63, 3.8) is 0 Å². The van der Waals surface area contributed by atoms with Crippen molar-refractivity contribution >= 4 is 11.8 Å². The summed E-state index contributed by atoms with van der Waals surface area (Å²) in [6.45, 7) is 2.69. The van der Waals surface area contributed by atoms with Crippen molar-refractivity contribution in [2.45, 2.75) is 30.6 Å². The molecule has 94 valence electrons. The van der Waals surface area contributed by atoms with Gasteiger partial charge in [0.15, 0.2) is 0 Å². The summed E-state index contributed by atoms with van der Waals surface area (Å²) in [5.41, 5.74) is 0.0810. The molecule has 1 fully saturated rings. The highest BCUT2D eigenvalue weighted by Crippen LogP contribution is 2.41. The molecular weight excluding hydrogens is 232 g/mol. The van der Waals surface area contributed by atoms with Crippen LogP contribution in [0.5, 0.6) is 0 Å². The van der Waals surface area contributed by atoms with Crippen molar-refractivity contribution in [1.82, 2.24) is 9.88 Å². The molecule has 1 aromatic rings. The fraction of sp³-hybridized carbons (Fsp3) is 0.615. The smallest absolute Gasteiger partial charge is 0.250 e. The minimum atomic E-state index is 0.0810. The van der Waals surface area contributed by atoms with Crippen molar-refractivity contribution in [3.05, 3.63) is 34.7 Å². The quantitative estimate of drug-likeness (QED) is 0.783. The van der Waals surface area contributed by atoms with Crippen LogP contribution in [0.4, 0.5) is 0 Å². The normalized spacial score (nSPS) is 17.7. The van der Waals surface area contributed by atoms with E-state index in [0.29, 0.717) is 4.75 Å². The lowest BCUT2D eigenvalue weighted by Crippen LogP contribution is -2.44. The van der Waals surface area contributed by atoms with Gasteiger partial charge >= 0.3 is 0 Å². The molecule has 1 aliphatic rings. The molecule has 0 bridgehead atoms. The number of rotatable bonds is 6. The van der Waals surface area contributed by atoms with Gasteiger partial charge < -0.3 is 9.88 Å². The predicted octanol–water partition coefficient (Wildman–Crippen LogP) is 1.72. The average molecular weight is 252 g/mol. The van der Waals surface area contributed by atoms with Gasteiger partial charge in [0, 0.05) is 36.6 Å². The molecule has 0 spiro atoms. The summed E-state index contributed by atoms with van der Waals surface area (Å²) in [5, 5.41) is 3.47. The number of nitrogens with zero attached hydrogens (tertiary/aromatic N) is 1. The van der Waals surface area contributed by atoms with Gasteiger partial charge in [-0.05, 0) is 25.2 Å². The second-order valence-electron chi connectivity index (χ2n) is 4.65. The van der Waals surface area contributed by atoms with E-state index in [1.165, 1.54) is 19.3 Å². The third-order valence-electron chi connectivity index (χ3n) is 3.57. The van der Waals surface area contributed by atoms with Crippen LogP contribution >= 0.6 is 11.8 Å². The van der Waals surface area contributed by atoms with E-state index >= 15 is 0 Å². The second-order valence-corrected chi connectivity index (χ2v) is 5.92. The van der Waals surface area contributed by atoms with E-state index in [-0.39, 0.29) is 5.56 Å². The lowest BCUT2D eigenvalue weighted by molar-refractivity contribution is 0.344. The molecule has 1 aromatic heterocycles. The van der Waals surface area contributed by atoms with Gasteiger partial charge in [-0.3, -0.25) is 4.79 Å². The summed E-state index contributed by atoms with van der Waals surface area (Å²) in [6, 6.07) is 5.29. The van der Waals surface area contributed by atoms with Gasteiger partial charge in [0.1, 0.15) is 0 Å². The molecular formula is C13H20N2OS. The molecule has 0 radical (unpaired) electrons. The molecule has 1 heterocycles. The van der Waals surface area contributed by atoms with Gasteiger partial charge in [0.25, 0.3) is 5.56 Å². The summed E-state index contributed by atoms with van der Waals surface area (Å²) >= 11 is 1.98. The molecule has 0 aromatic carbocycles. The summed E-state index contributed by atoms with van der Waals surface area (Å²) in [6.07, 6.45) is 8.06. The number of hydrogen-bond acceptors (Lipinski definition) is 3. The number of thioether (sulfide) groups is 1. The highest BCUT2D eigenvalue weighted by molar-refractivity contribution is 8.00. The van der Waals surface area contributed by atoms with Gasteiger partial charge in [-0.25, -0.2) is 0 Å². The first-order valence-electron chi connectivity index (χ1n) is 6.17. The molecule has 4 heteroatoms. The molecule has 0 atom stereocenters. The Kier molecular flexibility index (Phi) is 4.29. The minimum absolute atomic E-state index is 0.0810. The lowest BCUT2D eigenvalue weighted by atomic mass is 9.84. The highest BCUT2D eigenvalue weighted by Gasteiger charge is 2.35. The summed E-state index contributed by atoms with van der Waals surface area (Å²) < 4.78 is 2.22. The summed E-state index contributed by atoms with van der Waals surface area (Å²) in [5.74, 6) is 0. The van der Waals surface area contributed by atoms with Gasteiger partial charge in [0.05, 0.1) is 0 Å². The van der Waals surface area contributed by atoms with Crippen molar-refractivity contribution < 1.29 is 0 Å². The third kappa shape index (κ3) is 3.13. The first-order chi connectivity index (χ1) is 8.26. The van der Waals surface area contributed by atoms with E-state index in [4.69, 9.17) is 0 Å². The largest absolute Gasteiger partial charge is 0.314 e. The molecule has 0 saturated heterocycles. The average Bonchev–Trinajstić information content (AvgIpc) is 2.29. The zero-order valence-corrected chi connectivity index (χ0v) is 11.1. The van der Waals surface area contributed by atoms with Crippen LogP contribution in [-0.4, -0.2) is 28.7 Å². The van der Waals surface area contributed by atoms with Crippen molar-refractivity contribution in [2.75, 3.05) is 19.3 Å². The first kappa shape index (κ1) is 12.7. The first-order valence-corrected chi connectivity index (χ1v) is 7.40. The van der Waals surface area contributed by atoms with Crippen molar-refractivity contribution in [2.24, 2.45) is 0 Å². The highest BCUT2D eigenvalue weighted by atomic mass is 32.2. The molecule has 2 rings (SSSR count). The van der Waals surface area contributed by atoms with Crippen LogP contribution < -0.4 is 10.9 Å². The summed E-state index contributed by atoms with van der Waals surface area (Å²) in [4.78, 5) is 11.5. The van der Waals surface area contributed by atoms with Crippen LogP contribution in [0.3, 0.4) is 0 Å². The molecule has 1 saturated carbocycles. The molecule has 17 heavy (non-hydrogen) atoms. The second kappa shape index (κ2) is 5.74. The summed E-state index contributed by atoms with van der Waals surface area (Å²) in [7, 11) is 0. The Balaban J connectivity index is 1.73. The molecule has 3 nitrogen and oxygen atoms in total. The fourth-order valence-electron chi connectivity index (χ4n) is 2.19. The maximum absolute atomic E-state index is 11.5. The Morgan fingerprint density at radius 1 is 1.47 bits per heavy atom. The van der Waals surface area contributed by atoms with Gasteiger partial charge in [0.2, 0.25) is 0 Å². The van der Waals surface area contributed by atoms with E-state index < -0.39 is 0 Å². The molecule has 0 amide bonds. The molecule has 0 aliphatic heterocycles. The Morgan fingerprint density at radius 3 is 2.88 bits per heavy atom. The zero-order chi connectivity index (χ0) is 12.1. The Bertz CT molecular complexity index is 406. The van der Waals surface area contributed by atoms with E-state index in [0.717, 1.165) is 19.6 Å². The van der Waals surface area contributed by atoms with Gasteiger partial charge in [-0.15, -0.1) is 0 Å². The standard InChI is InChI=1S/C13H20N2OS/c1-17-13(6-4-7-13)11-14-8-10-15-9-3-2-5-12(15)16/h2-3,5,9,14H,4,6-8,10-11H2,1H3. The Labute approximate surface area is 107 Å². The van der Waals surface area contributed by atoms with Crippen LogP contribution in [0.1, 0.15) is 19.3 Å². The van der Waals surface area contributed by atoms with E-state index in [1.54, 1.807) is 16.7 Å². The van der Waals surface area contributed by atoms with Gasteiger partial charge in [-0.1, -0.05) is 12.5 Å². The van der Waals surface area contributed by atoms with E-state index in [9.17, 15) is 4.79 Å². The van der Waals surface area contributed by atoms with Crippen LogP contribution in [0.25, 0.3) is 0 Å². The van der Waals surface area contributed by atoms with Crippen LogP contribution in [0, 0.1) is 0 Å². The van der Waals surface area contributed by atoms with Crippen LogP contribution in [0.15, 0.2) is 29.2 Å². The Morgan fingerprint density at radius 2 is 2.29 bits per heavy atom. The van der Waals surface area contributed by atoms with Crippen molar-refractivity contribution in [3.8, 4) is 0 Å². The van der Waals surface area contributed by atoms with Gasteiger partial charge in [-0.2, -0.15) is 11.8 Å². The Hall–Kier alpha value is -0.740. The van der Waals surface area contributed by atoms with E-state index in [1.807, 2.05) is 24.0 Å². The fourth-order valence-corrected chi connectivity index (χ4v) is 3.13.